The summed E-state index contributed by atoms with van der Waals surface area (Å²) in [6.45, 7) is 2.08. The third-order valence-electron chi connectivity index (χ3n) is 1.14. The van der Waals surface area contributed by atoms with E-state index in [4.69, 9.17) is 0 Å². The standard InChI is InChI=1S/C6H7F3N2/c1-5-2-11(4-10-5)3-6(7,8)9/h2,5H,3H2,1H3. The molecular formula is C6H7F3N2. The maximum atomic E-state index is 11.7. The van der Waals surface area contributed by atoms with Crippen molar-refractivity contribution in [2.45, 2.75) is 19.1 Å². The second kappa shape index (κ2) is 2.71. The third-order valence-corrected chi connectivity index (χ3v) is 1.14. The van der Waals surface area contributed by atoms with E-state index in [0.717, 1.165) is 4.90 Å². The zero-order valence-electron chi connectivity index (χ0n) is 5.89. The van der Waals surface area contributed by atoms with Crippen LogP contribution in [-0.2, 0) is 0 Å². The summed E-state index contributed by atoms with van der Waals surface area (Å²) in [7, 11) is 0. The number of hydrogen-bond acceptors (Lipinski definition) is 2. The van der Waals surface area contributed by atoms with Crippen LogP contribution < -0.4 is 0 Å². The number of rotatable bonds is 1. The van der Waals surface area contributed by atoms with Gasteiger partial charge in [-0.3, -0.25) is 4.99 Å². The smallest absolute Gasteiger partial charge is 0.337 e. The number of alkyl halides is 3. The Morgan fingerprint density at radius 2 is 2.27 bits per heavy atom. The molecule has 0 amide bonds. The second-order valence-electron chi connectivity index (χ2n) is 2.36. The molecule has 11 heavy (non-hydrogen) atoms. The van der Waals surface area contributed by atoms with Crippen molar-refractivity contribution < 1.29 is 13.2 Å². The monoisotopic (exact) mass is 164 g/mol. The molecule has 0 bridgehead atoms. The van der Waals surface area contributed by atoms with Crippen LogP contribution in [-0.4, -0.2) is 30.0 Å². The molecule has 0 N–H and O–H groups in total. The molecule has 1 unspecified atom stereocenters. The highest BCUT2D eigenvalue weighted by atomic mass is 19.4. The van der Waals surface area contributed by atoms with E-state index in [1.54, 1.807) is 6.92 Å². The Morgan fingerprint density at radius 1 is 1.64 bits per heavy atom. The van der Waals surface area contributed by atoms with E-state index in [1.165, 1.54) is 6.54 Å². The molecule has 0 aromatic carbocycles. The molecule has 1 heterocycles. The molecule has 5 heteroatoms. The Morgan fingerprint density at radius 3 is 2.64 bits per heavy atom. The predicted octanol–water partition coefficient (Wildman–Crippen LogP) is 1.32. The molecule has 0 aliphatic carbocycles. The molecule has 0 saturated carbocycles. The quantitative estimate of drug-likeness (QED) is 0.570. The summed E-state index contributed by atoms with van der Waals surface area (Å²) in [5.74, 6) is 0. The fraction of sp³-hybridized carbons (Fsp3) is 0.667. The lowest BCUT2D eigenvalue weighted by molar-refractivity contribution is -0.134. The van der Waals surface area contributed by atoms with Crippen LogP contribution in [0.2, 0.25) is 0 Å². The zero-order valence-corrected chi connectivity index (χ0v) is 5.89. The van der Waals surface area contributed by atoms with Crippen molar-refractivity contribution in [3.05, 3.63) is 6.54 Å². The van der Waals surface area contributed by atoms with Gasteiger partial charge in [0.2, 0.25) is 0 Å². The van der Waals surface area contributed by atoms with Gasteiger partial charge in [-0.1, -0.05) is 0 Å². The van der Waals surface area contributed by atoms with Crippen LogP contribution in [0.5, 0.6) is 0 Å². The number of hydrogen-bond donors (Lipinski definition) is 0. The minimum atomic E-state index is -4.18. The minimum Gasteiger partial charge on any atom is -0.337 e. The summed E-state index contributed by atoms with van der Waals surface area (Å²) in [6.07, 6.45) is -1.93. The first-order valence-electron chi connectivity index (χ1n) is 3.11. The summed E-state index contributed by atoms with van der Waals surface area (Å²) in [5.41, 5.74) is 0. The Labute approximate surface area is 62.7 Å². The molecular weight excluding hydrogens is 157 g/mol. The lowest BCUT2D eigenvalue weighted by atomic mass is 10.3. The van der Waals surface area contributed by atoms with Gasteiger partial charge < -0.3 is 4.90 Å². The molecule has 1 aliphatic heterocycles. The van der Waals surface area contributed by atoms with E-state index >= 15 is 0 Å². The van der Waals surface area contributed by atoms with E-state index in [-0.39, 0.29) is 6.04 Å². The molecule has 0 fully saturated rings. The molecule has 0 saturated heterocycles. The Balaban J connectivity index is 2.36. The van der Waals surface area contributed by atoms with E-state index in [2.05, 4.69) is 11.3 Å². The molecule has 1 rings (SSSR count). The van der Waals surface area contributed by atoms with Gasteiger partial charge in [0.05, 0.1) is 12.6 Å². The Hall–Kier alpha value is -0.740. The van der Waals surface area contributed by atoms with E-state index in [1.807, 2.05) is 0 Å². The van der Waals surface area contributed by atoms with Gasteiger partial charge in [-0.05, 0) is 6.92 Å². The number of halogens is 3. The van der Waals surface area contributed by atoms with Crippen molar-refractivity contribution in [1.82, 2.24) is 4.90 Å². The third kappa shape index (κ3) is 2.78. The Bertz CT molecular complexity index is 164. The lowest BCUT2D eigenvalue weighted by Crippen LogP contribution is -2.30. The summed E-state index contributed by atoms with van der Waals surface area (Å²) < 4.78 is 35.1. The average molecular weight is 164 g/mol. The van der Waals surface area contributed by atoms with Gasteiger partial charge in [0.25, 0.3) is 0 Å². The first kappa shape index (κ1) is 8.36. The molecule has 1 atom stereocenters. The molecule has 1 aliphatic rings. The van der Waals surface area contributed by atoms with Crippen LogP contribution in [0.4, 0.5) is 13.2 Å². The van der Waals surface area contributed by atoms with Gasteiger partial charge in [0.1, 0.15) is 6.54 Å². The average Bonchev–Trinajstić information content (AvgIpc) is 2.10. The normalized spacial score (nSPS) is 24.7. The SMILES string of the molecule is CC1[CH]N(CC(F)(F)F)[C]=N1. The Kier molecular flexibility index (Phi) is 2.06. The summed E-state index contributed by atoms with van der Waals surface area (Å²) >= 11 is 0. The van der Waals surface area contributed by atoms with Gasteiger partial charge in [-0.2, -0.15) is 13.2 Å². The van der Waals surface area contributed by atoms with E-state index in [0.29, 0.717) is 0 Å². The first-order valence-corrected chi connectivity index (χ1v) is 3.11. The van der Waals surface area contributed by atoms with Crippen molar-refractivity contribution in [3.8, 4) is 0 Å². The van der Waals surface area contributed by atoms with Crippen LogP contribution in [0.25, 0.3) is 0 Å². The molecule has 0 spiro atoms. The maximum Gasteiger partial charge on any atom is 0.405 e. The molecule has 0 aromatic heterocycles. The molecule has 2 radical (unpaired) electrons. The van der Waals surface area contributed by atoms with E-state index < -0.39 is 12.7 Å². The fourth-order valence-electron chi connectivity index (χ4n) is 0.774. The minimum absolute atomic E-state index is 0.183. The summed E-state index contributed by atoms with van der Waals surface area (Å²) in [4.78, 5) is 4.54. The molecule has 2 nitrogen and oxygen atoms in total. The first-order chi connectivity index (χ1) is 4.97. The predicted molar refractivity (Wildman–Crippen MR) is 34.0 cm³/mol. The van der Waals surface area contributed by atoms with Crippen molar-refractivity contribution in [3.63, 3.8) is 0 Å². The molecule has 0 aromatic rings. The van der Waals surface area contributed by atoms with Gasteiger partial charge >= 0.3 is 6.18 Å². The van der Waals surface area contributed by atoms with Crippen LogP contribution in [0.15, 0.2) is 4.99 Å². The van der Waals surface area contributed by atoms with Gasteiger partial charge in [0, 0.05) is 0 Å². The molecule has 62 valence electrons. The summed E-state index contributed by atoms with van der Waals surface area (Å²) in [5, 5.41) is 0. The van der Waals surface area contributed by atoms with Crippen molar-refractivity contribution >= 4 is 6.34 Å². The van der Waals surface area contributed by atoms with Gasteiger partial charge in [-0.15, -0.1) is 0 Å². The van der Waals surface area contributed by atoms with Crippen LogP contribution in [0.1, 0.15) is 6.92 Å². The van der Waals surface area contributed by atoms with Crippen LogP contribution >= 0.6 is 0 Å². The van der Waals surface area contributed by atoms with Crippen molar-refractivity contribution in [2.24, 2.45) is 4.99 Å². The number of nitrogens with zero attached hydrogens (tertiary/aromatic N) is 2. The van der Waals surface area contributed by atoms with Gasteiger partial charge in [-0.25, -0.2) is 0 Å². The topological polar surface area (TPSA) is 15.6 Å². The van der Waals surface area contributed by atoms with Crippen LogP contribution in [0, 0.1) is 6.54 Å². The lowest BCUT2D eigenvalue weighted by Gasteiger charge is -2.15. The maximum absolute atomic E-state index is 11.7. The largest absolute Gasteiger partial charge is 0.405 e. The highest BCUT2D eigenvalue weighted by Crippen LogP contribution is 2.19. The summed E-state index contributed by atoms with van der Waals surface area (Å²) in [6, 6.07) is -0.183. The fourth-order valence-corrected chi connectivity index (χ4v) is 0.774. The van der Waals surface area contributed by atoms with Crippen molar-refractivity contribution in [2.75, 3.05) is 6.54 Å². The zero-order chi connectivity index (χ0) is 8.48. The van der Waals surface area contributed by atoms with Crippen molar-refractivity contribution in [1.29, 1.82) is 0 Å². The number of aliphatic imine (C=N–C) groups is 1. The van der Waals surface area contributed by atoms with E-state index in [9.17, 15) is 13.2 Å². The van der Waals surface area contributed by atoms with Gasteiger partial charge in [0.15, 0.2) is 6.34 Å². The highest BCUT2D eigenvalue weighted by Gasteiger charge is 2.32. The van der Waals surface area contributed by atoms with Crippen LogP contribution in [0.3, 0.4) is 0 Å². The highest BCUT2D eigenvalue weighted by molar-refractivity contribution is 5.59. The second-order valence-corrected chi connectivity index (χ2v) is 2.36.